The van der Waals surface area contributed by atoms with Crippen LogP contribution in [0.25, 0.3) is 0 Å². The van der Waals surface area contributed by atoms with Gasteiger partial charge in [-0.25, -0.2) is 4.79 Å². The van der Waals surface area contributed by atoms with Crippen molar-refractivity contribution < 1.29 is 37.3 Å². The Morgan fingerprint density at radius 3 is 2.33 bits per heavy atom. The SMILES string of the molecule is COCC(=O)N1CC[C@@H](OCc2ccncc2)[C@@H](Cc2ccccc2)C1.O=C(O)C(F)(F)F. The number of likely N-dealkylation sites (tertiary alicyclic amines) is 1. The van der Waals surface area contributed by atoms with Crippen molar-refractivity contribution in [3.05, 3.63) is 66.0 Å². The van der Waals surface area contributed by atoms with Crippen LogP contribution >= 0.6 is 0 Å². The van der Waals surface area contributed by atoms with Crippen molar-refractivity contribution in [1.29, 1.82) is 0 Å². The van der Waals surface area contributed by atoms with Gasteiger partial charge in [0, 0.05) is 38.5 Å². The molecule has 2 aromatic rings. The van der Waals surface area contributed by atoms with Crippen LogP contribution in [-0.4, -0.2) is 66.0 Å². The molecular weight excluding hydrogens is 441 g/mol. The first-order valence-electron chi connectivity index (χ1n) is 10.3. The van der Waals surface area contributed by atoms with E-state index in [1.165, 1.54) is 5.56 Å². The topological polar surface area (TPSA) is 89.0 Å². The number of amides is 1. The number of methoxy groups -OCH3 is 1. The number of ether oxygens (including phenoxy) is 2. The van der Waals surface area contributed by atoms with Crippen molar-refractivity contribution in [2.24, 2.45) is 5.92 Å². The fourth-order valence-electron chi connectivity index (χ4n) is 3.47. The summed E-state index contributed by atoms with van der Waals surface area (Å²) in [6, 6.07) is 14.4. The number of benzene rings is 1. The largest absolute Gasteiger partial charge is 0.490 e. The van der Waals surface area contributed by atoms with Crippen LogP contribution in [-0.2, 0) is 32.1 Å². The number of hydrogen-bond donors (Lipinski definition) is 1. The molecule has 7 nitrogen and oxygen atoms in total. The molecular formula is C23H27F3N2O5. The van der Waals surface area contributed by atoms with Gasteiger partial charge in [0.25, 0.3) is 0 Å². The fourth-order valence-corrected chi connectivity index (χ4v) is 3.47. The molecule has 0 unspecified atom stereocenters. The van der Waals surface area contributed by atoms with E-state index in [0.29, 0.717) is 19.7 Å². The first-order valence-corrected chi connectivity index (χ1v) is 10.3. The molecule has 0 spiro atoms. The van der Waals surface area contributed by atoms with Gasteiger partial charge >= 0.3 is 12.1 Å². The van der Waals surface area contributed by atoms with Crippen LogP contribution in [0.3, 0.4) is 0 Å². The minimum Gasteiger partial charge on any atom is -0.475 e. The standard InChI is InChI=1S/C21H26N2O3.C2HF3O2/c1-25-16-21(24)23-12-9-20(26-15-18-7-10-22-11-8-18)19(14-23)13-17-5-3-2-4-6-17;3-2(4,5)1(6)7/h2-8,10-11,19-20H,9,12-16H2,1H3;(H,6,7)/t19-,20+;/m0./s1. The Morgan fingerprint density at radius 1 is 1.12 bits per heavy atom. The van der Waals surface area contributed by atoms with E-state index in [9.17, 15) is 18.0 Å². The minimum atomic E-state index is -5.08. The molecule has 33 heavy (non-hydrogen) atoms. The molecule has 0 radical (unpaired) electrons. The van der Waals surface area contributed by atoms with Crippen molar-refractivity contribution in [2.75, 3.05) is 26.8 Å². The van der Waals surface area contributed by atoms with E-state index >= 15 is 0 Å². The monoisotopic (exact) mass is 468 g/mol. The molecule has 1 aliphatic heterocycles. The molecule has 180 valence electrons. The zero-order valence-corrected chi connectivity index (χ0v) is 18.2. The zero-order valence-electron chi connectivity index (χ0n) is 18.2. The Kier molecular flexibility index (Phi) is 10.3. The molecule has 0 saturated carbocycles. The van der Waals surface area contributed by atoms with E-state index in [0.717, 1.165) is 18.4 Å². The second kappa shape index (κ2) is 12.9. The molecule has 3 rings (SSSR count). The number of nitrogens with zero attached hydrogens (tertiary/aromatic N) is 2. The summed E-state index contributed by atoms with van der Waals surface area (Å²) < 4.78 is 43.0. The Hall–Kier alpha value is -2.98. The zero-order chi connectivity index (χ0) is 24.3. The number of hydrogen-bond acceptors (Lipinski definition) is 5. The van der Waals surface area contributed by atoms with Gasteiger partial charge in [-0.2, -0.15) is 13.2 Å². The first-order chi connectivity index (χ1) is 15.7. The Labute approximate surface area is 190 Å². The number of carboxylic acid groups (broad SMARTS) is 1. The number of carboxylic acids is 1. The summed E-state index contributed by atoms with van der Waals surface area (Å²) in [5.74, 6) is -2.43. The summed E-state index contributed by atoms with van der Waals surface area (Å²) in [5, 5.41) is 7.12. The van der Waals surface area contributed by atoms with Crippen molar-refractivity contribution in [3.8, 4) is 0 Å². The highest BCUT2D eigenvalue weighted by molar-refractivity contribution is 5.77. The Bertz CT molecular complexity index is 865. The smallest absolute Gasteiger partial charge is 0.475 e. The number of carbonyl (C=O) groups excluding carboxylic acids is 1. The molecule has 1 amide bonds. The number of aromatic nitrogens is 1. The predicted octanol–water partition coefficient (Wildman–Crippen LogP) is 3.34. The summed E-state index contributed by atoms with van der Waals surface area (Å²) in [6.07, 6.45) is 0.365. The van der Waals surface area contributed by atoms with Gasteiger partial charge < -0.3 is 19.5 Å². The van der Waals surface area contributed by atoms with Crippen LogP contribution in [0.5, 0.6) is 0 Å². The molecule has 1 fully saturated rings. The molecule has 10 heteroatoms. The molecule has 2 atom stereocenters. The third-order valence-electron chi connectivity index (χ3n) is 5.08. The maximum absolute atomic E-state index is 12.2. The number of aliphatic carboxylic acids is 1. The highest BCUT2D eigenvalue weighted by Gasteiger charge is 2.38. The number of pyridine rings is 1. The number of carbonyl (C=O) groups is 2. The van der Waals surface area contributed by atoms with Crippen LogP contribution in [0, 0.1) is 5.92 Å². The second-order valence-corrected chi connectivity index (χ2v) is 7.52. The number of alkyl halides is 3. The summed E-state index contributed by atoms with van der Waals surface area (Å²) in [6.45, 7) is 2.14. The number of piperidine rings is 1. The van der Waals surface area contributed by atoms with Crippen LogP contribution in [0.4, 0.5) is 13.2 Å². The molecule has 2 heterocycles. The predicted molar refractivity (Wildman–Crippen MR) is 113 cm³/mol. The van der Waals surface area contributed by atoms with Crippen molar-refractivity contribution >= 4 is 11.9 Å². The summed E-state index contributed by atoms with van der Waals surface area (Å²) in [5.41, 5.74) is 2.40. The van der Waals surface area contributed by atoms with Crippen LogP contribution in [0.15, 0.2) is 54.9 Å². The molecule has 1 N–H and O–H groups in total. The van der Waals surface area contributed by atoms with Crippen molar-refractivity contribution in [3.63, 3.8) is 0 Å². The lowest BCUT2D eigenvalue weighted by atomic mass is 9.88. The lowest BCUT2D eigenvalue weighted by molar-refractivity contribution is -0.192. The maximum atomic E-state index is 12.2. The van der Waals surface area contributed by atoms with Gasteiger partial charge in [-0.15, -0.1) is 0 Å². The van der Waals surface area contributed by atoms with Gasteiger partial charge in [0.2, 0.25) is 5.91 Å². The molecule has 0 aliphatic carbocycles. The maximum Gasteiger partial charge on any atom is 0.490 e. The van der Waals surface area contributed by atoms with E-state index < -0.39 is 12.1 Å². The minimum absolute atomic E-state index is 0.0538. The van der Waals surface area contributed by atoms with E-state index in [1.54, 1.807) is 19.5 Å². The van der Waals surface area contributed by atoms with Gasteiger partial charge in [0.1, 0.15) is 6.61 Å². The first kappa shape index (κ1) is 26.3. The second-order valence-electron chi connectivity index (χ2n) is 7.52. The number of rotatable bonds is 7. The van der Waals surface area contributed by atoms with Crippen LogP contribution in [0.2, 0.25) is 0 Å². The molecule has 1 aromatic carbocycles. The van der Waals surface area contributed by atoms with Crippen LogP contribution in [0.1, 0.15) is 17.5 Å². The van der Waals surface area contributed by atoms with E-state index in [-0.39, 0.29) is 24.5 Å². The molecule has 1 saturated heterocycles. The van der Waals surface area contributed by atoms with Gasteiger partial charge in [-0.05, 0) is 36.1 Å². The average Bonchev–Trinajstić information content (AvgIpc) is 2.79. The van der Waals surface area contributed by atoms with Crippen LogP contribution < -0.4 is 0 Å². The van der Waals surface area contributed by atoms with E-state index in [1.807, 2.05) is 23.1 Å². The Morgan fingerprint density at radius 2 is 1.76 bits per heavy atom. The number of halogens is 3. The highest BCUT2D eigenvalue weighted by atomic mass is 19.4. The van der Waals surface area contributed by atoms with Gasteiger partial charge in [-0.3, -0.25) is 9.78 Å². The lowest BCUT2D eigenvalue weighted by Gasteiger charge is -2.38. The fraction of sp³-hybridized carbons (Fsp3) is 0.435. The normalized spacial score (nSPS) is 18.2. The lowest BCUT2D eigenvalue weighted by Crippen LogP contribution is -2.48. The van der Waals surface area contributed by atoms with Gasteiger partial charge in [0.05, 0.1) is 12.7 Å². The average molecular weight is 468 g/mol. The highest BCUT2D eigenvalue weighted by Crippen LogP contribution is 2.25. The van der Waals surface area contributed by atoms with Crippen molar-refractivity contribution in [2.45, 2.75) is 31.7 Å². The third-order valence-corrected chi connectivity index (χ3v) is 5.08. The van der Waals surface area contributed by atoms with Gasteiger partial charge in [-0.1, -0.05) is 30.3 Å². The van der Waals surface area contributed by atoms with E-state index in [2.05, 4.69) is 29.2 Å². The van der Waals surface area contributed by atoms with E-state index in [4.69, 9.17) is 19.4 Å². The quantitative estimate of drug-likeness (QED) is 0.671. The Balaban J connectivity index is 0.000000479. The summed E-state index contributed by atoms with van der Waals surface area (Å²) >= 11 is 0. The molecule has 0 bridgehead atoms. The molecule has 1 aromatic heterocycles. The summed E-state index contributed by atoms with van der Waals surface area (Å²) in [4.78, 5) is 27.1. The summed E-state index contributed by atoms with van der Waals surface area (Å²) in [7, 11) is 1.56. The van der Waals surface area contributed by atoms with Crippen molar-refractivity contribution in [1.82, 2.24) is 9.88 Å². The van der Waals surface area contributed by atoms with Gasteiger partial charge in [0.15, 0.2) is 0 Å². The third kappa shape index (κ3) is 9.19. The molecule has 1 aliphatic rings.